The number of carbonyl (C=O) groups is 2. The highest BCUT2D eigenvalue weighted by molar-refractivity contribution is 7.89. The first-order chi connectivity index (χ1) is 13.9. The normalized spacial score (nSPS) is 15.3. The minimum Gasteiger partial charge on any atom is -0.478 e. The molecule has 0 atom stereocenters. The molecule has 2 aromatic rings. The lowest BCUT2D eigenvalue weighted by molar-refractivity contribution is 0.0696. The summed E-state index contributed by atoms with van der Waals surface area (Å²) in [7, 11) is -3.65. The van der Waals surface area contributed by atoms with Crippen molar-refractivity contribution in [2.45, 2.75) is 24.2 Å². The van der Waals surface area contributed by atoms with E-state index in [9.17, 15) is 18.0 Å². The van der Waals surface area contributed by atoms with Gasteiger partial charge in [0.15, 0.2) is 0 Å². The van der Waals surface area contributed by atoms with Gasteiger partial charge in [-0.3, -0.25) is 4.79 Å². The number of aromatic carboxylic acids is 1. The van der Waals surface area contributed by atoms with Crippen molar-refractivity contribution in [3.8, 4) is 0 Å². The molecule has 0 unspecified atom stereocenters. The summed E-state index contributed by atoms with van der Waals surface area (Å²) in [5.74, 6) is -1.70. The Morgan fingerprint density at radius 1 is 1.03 bits per heavy atom. The molecule has 1 heterocycles. The van der Waals surface area contributed by atoms with Gasteiger partial charge in [-0.1, -0.05) is 30.7 Å². The second-order valence-corrected chi connectivity index (χ2v) is 8.52. The predicted octanol–water partition coefficient (Wildman–Crippen LogP) is 2.32. The Morgan fingerprint density at radius 2 is 1.76 bits per heavy atom. The summed E-state index contributed by atoms with van der Waals surface area (Å²) in [6.07, 6.45) is 3.89. The molecule has 1 aliphatic rings. The van der Waals surface area contributed by atoms with Crippen LogP contribution in [-0.4, -0.2) is 49.0 Å². The van der Waals surface area contributed by atoms with Gasteiger partial charge >= 0.3 is 5.97 Å². The molecule has 2 N–H and O–H groups in total. The number of nitrogens with zero attached hydrogens (tertiary/aromatic N) is 2. The van der Waals surface area contributed by atoms with Gasteiger partial charge in [0.2, 0.25) is 10.0 Å². The lowest BCUT2D eigenvalue weighted by Crippen LogP contribution is -2.35. The Kier molecular flexibility index (Phi) is 6.40. The third kappa shape index (κ3) is 4.87. The quantitative estimate of drug-likeness (QED) is 0.555. The number of hydrazone groups is 1. The van der Waals surface area contributed by atoms with E-state index < -0.39 is 21.9 Å². The number of carbonyl (C=O) groups excluding carboxylic acids is 1. The number of piperidine rings is 1. The standard InChI is InChI=1S/C20H21N3O5S/c24-19(22-21-14-16-7-2-3-10-18(16)20(25)26)15-8-6-9-17(13-15)29(27,28)23-11-4-1-5-12-23/h2-3,6-10,13-14H,1,4-5,11-12H2,(H,22,24)(H,25,26)/b21-14-. The van der Waals surface area contributed by atoms with Gasteiger partial charge in [0.05, 0.1) is 16.7 Å². The van der Waals surface area contributed by atoms with E-state index in [1.165, 1.54) is 40.9 Å². The molecule has 0 radical (unpaired) electrons. The molecule has 152 valence electrons. The molecule has 3 rings (SSSR count). The number of carboxylic acid groups (broad SMARTS) is 1. The molecule has 0 aliphatic carbocycles. The fraction of sp³-hybridized carbons (Fsp3) is 0.250. The summed E-state index contributed by atoms with van der Waals surface area (Å²) in [4.78, 5) is 23.6. The summed E-state index contributed by atoms with van der Waals surface area (Å²) in [5.41, 5.74) is 2.84. The highest BCUT2D eigenvalue weighted by atomic mass is 32.2. The number of carboxylic acids is 1. The molecule has 8 nitrogen and oxygen atoms in total. The molecule has 1 saturated heterocycles. The predicted molar refractivity (Wildman–Crippen MR) is 108 cm³/mol. The van der Waals surface area contributed by atoms with Gasteiger partial charge in [0, 0.05) is 24.2 Å². The number of benzene rings is 2. The summed E-state index contributed by atoms with van der Waals surface area (Å²) >= 11 is 0. The molecule has 0 aromatic heterocycles. The first-order valence-corrected chi connectivity index (χ1v) is 10.6. The van der Waals surface area contributed by atoms with Crippen molar-refractivity contribution in [2.24, 2.45) is 5.10 Å². The van der Waals surface area contributed by atoms with Gasteiger partial charge in [0.25, 0.3) is 5.91 Å². The smallest absolute Gasteiger partial charge is 0.336 e. The molecular formula is C20H21N3O5S. The van der Waals surface area contributed by atoms with Crippen molar-refractivity contribution in [1.82, 2.24) is 9.73 Å². The number of sulfonamides is 1. The SMILES string of the molecule is O=C(N/N=C\c1ccccc1C(=O)O)c1cccc(S(=O)(=O)N2CCCCC2)c1. The maximum absolute atomic E-state index is 12.8. The zero-order valence-corrected chi connectivity index (χ0v) is 16.4. The van der Waals surface area contributed by atoms with E-state index in [1.54, 1.807) is 18.2 Å². The molecular weight excluding hydrogens is 394 g/mol. The van der Waals surface area contributed by atoms with Crippen LogP contribution in [0.4, 0.5) is 0 Å². The minimum absolute atomic E-state index is 0.0557. The van der Waals surface area contributed by atoms with Crippen molar-refractivity contribution in [2.75, 3.05) is 13.1 Å². The van der Waals surface area contributed by atoms with Gasteiger partial charge in [-0.25, -0.2) is 18.6 Å². The van der Waals surface area contributed by atoms with Crippen molar-refractivity contribution >= 4 is 28.1 Å². The average Bonchev–Trinajstić information content (AvgIpc) is 2.74. The van der Waals surface area contributed by atoms with E-state index in [4.69, 9.17) is 5.11 Å². The van der Waals surface area contributed by atoms with Crippen molar-refractivity contribution in [3.05, 3.63) is 65.2 Å². The number of amides is 1. The molecule has 1 amide bonds. The first kappa shape index (κ1) is 20.7. The largest absolute Gasteiger partial charge is 0.478 e. The highest BCUT2D eigenvalue weighted by Gasteiger charge is 2.26. The zero-order chi connectivity index (χ0) is 20.9. The maximum Gasteiger partial charge on any atom is 0.336 e. The molecule has 9 heteroatoms. The summed E-state index contributed by atoms with van der Waals surface area (Å²) in [5, 5.41) is 13.0. The Morgan fingerprint density at radius 3 is 2.48 bits per heavy atom. The van der Waals surface area contributed by atoms with Crippen LogP contribution >= 0.6 is 0 Å². The van der Waals surface area contributed by atoms with Crippen LogP contribution in [0.2, 0.25) is 0 Å². The monoisotopic (exact) mass is 415 g/mol. The van der Waals surface area contributed by atoms with Crippen LogP contribution in [0.15, 0.2) is 58.5 Å². The Labute approximate surface area is 168 Å². The Balaban J connectivity index is 1.74. The molecule has 0 saturated carbocycles. The van der Waals surface area contributed by atoms with Crippen molar-refractivity contribution in [1.29, 1.82) is 0 Å². The average molecular weight is 415 g/mol. The summed E-state index contributed by atoms with van der Waals surface area (Å²) in [6, 6.07) is 12.0. The van der Waals surface area contributed by atoms with Crippen LogP contribution < -0.4 is 5.43 Å². The highest BCUT2D eigenvalue weighted by Crippen LogP contribution is 2.21. The van der Waals surface area contributed by atoms with E-state index in [0.717, 1.165) is 19.3 Å². The Bertz CT molecular complexity index is 1040. The summed E-state index contributed by atoms with van der Waals surface area (Å²) < 4.78 is 27.0. The van der Waals surface area contributed by atoms with Crippen LogP contribution in [0.5, 0.6) is 0 Å². The second-order valence-electron chi connectivity index (χ2n) is 6.58. The van der Waals surface area contributed by atoms with Crippen LogP contribution in [0.1, 0.15) is 45.5 Å². The number of nitrogens with one attached hydrogen (secondary N) is 1. The van der Waals surface area contributed by atoms with Gasteiger partial charge in [-0.15, -0.1) is 0 Å². The first-order valence-electron chi connectivity index (χ1n) is 9.15. The lowest BCUT2D eigenvalue weighted by Gasteiger charge is -2.25. The van der Waals surface area contributed by atoms with Gasteiger partial charge in [-0.2, -0.15) is 9.41 Å². The zero-order valence-electron chi connectivity index (χ0n) is 15.6. The van der Waals surface area contributed by atoms with Crippen LogP contribution in [0.3, 0.4) is 0 Å². The molecule has 29 heavy (non-hydrogen) atoms. The number of rotatable bonds is 6. The van der Waals surface area contributed by atoms with Crippen LogP contribution in [0, 0.1) is 0 Å². The third-order valence-corrected chi connectivity index (χ3v) is 6.50. The molecule has 0 bridgehead atoms. The Hall–Kier alpha value is -3.04. The molecule has 1 fully saturated rings. The summed E-state index contributed by atoms with van der Waals surface area (Å²) in [6.45, 7) is 0.956. The van der Waals surface area contributed by atoms with Gasteiger partial charge in [0.1, 0.15) is 0 Å². The van der Waals surface area contributed by atoms with E-state index in [1.807, 2.05) is 0 Å². The molecule has 1 aliphatic heterocycles. The van der Waals surface area contributed by atoms with E-state index >= 15 is 0 Å². The minimum atomic E-state index is -3.65. The van der Waals surface area contributed by atoms with Crippen molar-refractivity contribution in [3.63, 3.8) is 0 Å². The fourth-order valence-corrected chi connectivity index (χ4v) is 4.64. The van der Waals surface area contributed by atoms with E-state index in [-0.39, 0.29) is 16.0 Å². The van der Waals surface area contributed by atoms with Gasteiger partial charge < -0.3 is 5.11 Å². The maximum atomic E-state index is 12.8. The number of hydrogen-bond acceptors (Lipinski definition) is 5. The third-order valence-electron chi connectivity index (χ3n) is 4.61. The van der Waals surface area contributed by atoms with E-state index in [0.29, 0.717) is 18.7 Å². The second kappa shape index (κ2) is 8.97. The molecule has 0 spiro atoms. The van der Waals surface area contributed by atoms with Crippen LogP contribution in [-0.2, 0) is 10.0 Å². The van der Waals surface area contributed by atoms with E-state index in [2.05, 4.69) is 10.5 Å². The molecule has 2 aromatic carbocycles. The lowest BCUT2D eigenvalue weighted by atomic mass is 10.1. The van der Waals surface area contributed by atoms with Crippen LogP contribution in [0.25, 0.3) is 0 Å². The topological polar surface area (TPSA) is 116 Å². The van der Waals surface area contributed by atoms with Crippen molar-refractivity contribution < 1.29 is 23.1 Å². The van der Waals surface area contributed by atoms with Gasteiger partial charge in [-0.05, 0) is 37.1 Å². The number of hydrogen-bond donors (Lipinski definition) is 2. The fourth-order valence-electron chi connectivity index (χ4n) is 3.08.